The summed E-state index contributed by atoms with van der Waals surface area (Å²) in [5.74, 6) is 0.331. The smallest absolute Gasteiger partial charge is 0.294 e. The van der Waals surface area contributed by atoms with Gasteiger partial charge in [-0.1, -0.05) is 32.0 Å². The second-order valence-corrected chi connectivity index (χ2v) is 7.87. The third-order valence-corrected chi connectivity index (χ3v) is 5.95. The van der Waals surface area contributed by atoms with E-state index < -0.39 is 10.1 Å². The number of benzene rings is 1. The monoisotopic (exact) mass is 306 g/mol. The maximum Gasteiger partial charge on any atom is 0.295 e. The van der Waals surface area contributed by atoms with E-state index in [0.717, 1.165) is 12.8 Å². The lowest BCUT2D eigenvalue weighted by molar-refractivity contribution is -0.119. The summed E-state index contributed by atoms with van der Waals surface area (Å²) in [5.41, 5.74) is 1.02. The Balaban J connectivity index is 2.11. The van der Waals surface area contributed by atoms with Gasteiger partial charge >= 0.3 is 0 Å². The van der Waals surface area contributed by atoms with E-state index in [0.29, 0.717) is 11.1 Å². The molecular weight excluding hydrogens is 288 g/mol. The maximum absolute atomic E-state index is 12.5. The molecule has 0 spiro atoms. The van der Waals surface area contributed by atoms with Gasteiger partial charge in [-0.2, -0.15) is 8.42 Å². The molecule has 2 fully saturated rings. The molecule has 0 aliphatic heterocycles. The molecule has 0 heterocycles. The van der Waals surface area contributed by atoms with Crippen LogP contribution in [0.1, 0.15) is 32.3 Å². The first-order valence-electron chi connectivity index (χ1n) is 7.05. The Morgan fingerprint density at radius 2 is 1.81 bits per heavy atom. The zero-order chi connectivity index (χ0) is 15.4. The number of carbonyl (C=O) groups is 1. The zero-order valence-corrected chi connectivity index (χ0v) is 12.9. The van der Waals surface area contributed by atoms with E-state index in [1.807, 2.05) is 0 Å². The molecule has 2 unspecified atom stereocenters. The van der Waals surface area contributed by atoms with Gasteiger partial charge in [-0.15, -0.1) is 0 Å². The van der Waals surface area contributed by atoms with Crippen LogP contribution in [0.2, 0.25) is 0 Å². The average molecular weight is 306 g/mol. The number of hydrogen-bond acceptors (Lipinski definition) is 3. The van der Waals surface area contributed by atoms with Gasteiger partial charge in [-0.05, 0) is 47.5 Å². The Labute approximate surface area is 124 Å². The number of allylic oxidation sites excluding steroid dienone is 1. The van der Waals surface area contributed by atoms with Crippen molar-refractivity contribution in [2.24, 2.45) is 17.3 Å². The van der Waals surface area contributed by atoms with E-state index >= 15 is 0 Å². The van der Waals surface area contributed by atoms with Crippen LogP contribution in [0.15, 0.2) is 34.7 Å². The summed E-state index contributed by atoms with van der Waals surface area (Å²) in [4.78, 5) is 12.3. The van der Waals surface area contributed by atoms with Crippen LogP contribution in [-0.4, -0.2) is 18.8 Å². The molecule has 1 N–H and O–H groups in total. The van der Waals surface area contributed by atoms with Crippen molar-refractivity contribution in [1.29, 1.82) is 0 Å². The Morgan fingerprint density at radius 1 is 1.19 bits per heavy atom. The van der Waals surface area contributed by atoms with Crippen LogP contribution in [0.3, 0.4) is 0 Å². The van der Waals surface area contributed by atoms with Crippen molar-refractivity contribution in [3.63, 3.8) is 0 Å². The highest BCUT2D eigenvalue weighted by Crippen LogP contribution is 2.58. The molecule has 5 heteroatoms. The lowest BCUT2D eigenvalue weighted by Gasteiger charge is -2.22. The Bertz CT molecular complexity index is 743. The van der Waals surface area contributed by atoms with E-state index in [4.69, 9.17) is 0 Å². The summed E-state index contributed by atoms with van der Waals surface area (Å²) < 4.78 is 32.2. The fourth-order valence-electron chi connectivity index (χ4n) is 3.89. The predicted molar refractivity (Wildman–Crippen MR) is 79.2 cm³/mol. The Kier molecular flexibility index (Phi) is 3.11. The molecule has 3 rings (SSSR count). The number of Topliss-reactive ketones (excluding diaryl/α,β-unsaturated/α-hetero) is 1. The van der Waals surface area contributed by atoms with Crippen molar-refractivity contribution in [2.75, 3.05) is 0 Å². The molecule has 2 aliphatic rings. The van der Waals surface area contributed by atoms with Gasteiger partial charge in [0.2, 0.25) is 0 Å². The van der Waals surface area contributed by atoms with Crippen molar-refractivity contribution >= 4 is 22.0 Å². The quantitative estimate of drug-likeness (QED) is 0.673. The molecular formula is C16H18O4S. The topological polar surface area (TPSA) is 71.4 Å². The SMILES string of the molecule is CC1(C)C2CCC1/C(=C/c1ccccc1S(=O)(=O)O)C2=O. The number of hydrogen-bond donors (Lipinski definition) is 1. The fraction of sp³-hybridized carbons (Fsp3) is 0.438. The molecule has 0 saturated heterocycles. The van der Waals surface area contributed by atoms with Crippen molar-refractivity contribution in [3.05, 3.63) is 35.4 Å². The van der Waals surface area contributed by atoms with Gasteiger partial charge in [0.1, 0.15) is 4.90 Å². The van der Waals surface area contributed by atoms with E-state index in [2.05, 4.69) is 13.8 Å². The van der Waals surface area contributed by atoms with Crippen LogP contribution in [0.5, 0.6) is 0 Å². The third-order valence-electron chi connectivity index (χ3n) is 5.02. The summed E-state index contributed by atoms with van der Waals surface area (Å²) in [6, 6.07) is 6.22. The zero-order valence-electron chi connectivity index (χ0n) is 12.0. The molecule has 0 aromatic heterocycles. The number of ketones is 1. The van der Waals surface area contributed by atoms with Crippen LogP contribution < -0.4 is 0 Å². The van der Waals surface area contributed by atoms with Gasteiger partial charge in [0.15, 0.2) is 5.78 Å². The summed E-state index contributed by atoms with van der Waals surface area (Å²) in [7, 11) is -4.29. The van der Waals surface area contributed by atoms with Gasteiger partial charge in [0.25, 0.3) is 10.1 Å². The molecule has 112 valence electrons. The molecule has 2 atom stereocenters. The third kappa shape index (κ3) is 2.15. The molecule has 1 aromatic rings. The second-order valence-electron chi connectivity index (χ2n) is 6.48. The standard InChI is InChI=1S/C16H18O4S/c1-16(2)12-7-8-13(16)15(17)11(12)9-10-5-3-4-6-14(10)21(18,19)20/h3-6,9,12-13H,7-8H2,1-2H3,(H,18,19,20)/b11-9-. The van der Waals surface area contributed by atoms with E-state index in [1.165, 1.54) is 6.07 Å². The molecule has 4 nitrogen and oxygen atoms in total. The summed E-state index contributed by atoms with van der Waals surface area (Å²) in [5, 5.41) is 0. The molecule has 21 heavy (non-hydrogen) atoms. The van der Waals surface area contributed by atoms with Crippen LogP contribution in [0.25, 0.3) is 6.08 Å². The van der Waals surface area contributed by atoms with Crippen molar-refractivity contribution < 1.29 is 17.8 Å². The largest absolute Gasteiger partial charge is 0.295 e. The van der Waals surface area contributed by atoms with E-state index in [1.54, 1.807) is 24.3 Å². The number of carbonyl (C=O) groups excluding carboxylic acids is 1. The number of fused-ring (bicyclic) bond motifs is 2. The first-order chi connectivity index (χ1) is 9.73. The lowest BCUT2D eigenvalue weighted by atomic mass is 9.81. The molecule has 1 aromatic carbocycles. The normalized spacial score (nSPS) is 29.3. The molecule has 2 aliphatic carbocycles. The lowest BCUT2D eigenvalue weighted by Crippen LogP contribution is -2.19. The van der Waals surface area contributed by atoms with Gasteiger partial charge < -0.3 is 0 Å². The van der Waals surface area contributed by atoms with E-state index in [9.17, 15) is 17.8 Å². The minimum Gasteiger partial charge on any atom is -0.294 e. The summed E-state index contributed by atoms with van der Waals surface area (Å²) >= 11 is 0. The first-order valence-corrected chi connectivity index (χ1v) is 8.49. The van der Waals surface area contributed by atoms with Crippen molar-refractivity contribution in [2.45, 2.75) is 31.6 Å². The van der Waals surface area contributed by atoms with E-state index in [-0.39, 0.29) is 27.9 Å². The molecule has 0 radical (unpaired) electrons. The molecule has 2 saturated carbocycles. The predicted octanol–water partition coefficient (Wildman–Crippen LogP) is 2.95. The first kappa shape index (κ1) is 14.5. The maximum atomic E-state index is 12.5. The van der Waals surface area contributed by atoms with Crippen LogP contribution in [0.4, 0.5) is 0 Å². The highest BCUT2D eigenvalue weighted by atomic mass is 32.2. The second kappa shape index (κ2) is 4.52. The highest BCUT2D eigenvalue weighted by molar-refractivity contribution is 7.85. The van der Waals surface area contributed by atoms with Gasteiger partial charge in [-0.25, -0.2) is 0 Å². The van der Waals surface area contributed by atoms with Gasteiger partial charge in [0.05, 0.1) is 0 Å². The minimum absolute atomic E-state index is 0.0339. The van der Waals surface area contributed by atoms with Crippen LogP contribution in [-0.2, 0) is 14.9 Å². The fourth-order valence-corrected chi connectivity index (χ4v) is 4.57. The average Bonchev–Trinajstić information content (AvgIpc) is 2.77. The van der Waals surface area contributed by atoms with Crippen LogP contribution in [0, 0.1) is 17.3 Å². The van der Waals surface area contributed by atoms with Crippen molar-refractivity contribution in [3.8, 4) is 0 Å². The van der Waals surface area contributed by atoms with Gasteiger partial charge in [-0.3, -0.25) is 9.35 Å². The highest BCUT2D eigenvalue weighted by Gasteiger charge is 2.55. The molecule has 0 amide bonds. The molecule has 2 bridgehead atoms. The van der Waals surface area contributed by atoms with Crippen LogP contribution >= 0.6 is 0 Å². The Morgan fingerprint density at radius 3 is 2.38 bits per heavy atom. The van der Waals surface area contributed by atoms with Gasteiger partial charge in [0, 0.05) is 5.92 Å². The van der Waals surface area contributed by atoms with Crippen molar-refractivity contribution in [1.82, 2.24) is 0 Å². The Hall–Kier alpha value is -1.46. The summed E-state index contributed by atoms with van der Waals surface area (Å²) in [6.07, 6.45) is 3.52. The number of rotatable bonds is 2. The summed E-state index contributed by atoms with van der Waals surface area (Å²) in [6.45, 7) is 4.20. The minimum atomic E-state index is -4.29.